The highest BCUT2D eigenvalue weighted by Crippen LogP contribution is 2.20. The predicted molar refractivity (Wildman–Crippen MR) is 131 cm³/mol. The number of para-hydroxylation sites is 1. The quantitative estimate of drug-likeness (QED) is 0.446. The number of thiocarbonyl (C=S) groups is 1. The zero-order chi connectivity index (χ0) is 24.1. The normalized spacial score (nSPS) is 13.5. The number of nitrogens with one attached hydrogen (secondary N) is 2. The third-order valence-electron chi connectivity index (χ3n) is 4.97. The van der Waals surface area contributed by atoms with Gasteiger partial charge in [-0.2, -0.15) is 0 Å². The number of esters is 1. The Morgan fingerprint density at radius 3 is 2.47 bits per heavy atom. The largest absolute Gasteiger partial charge is 0.464 e. The van der Waals surface area contributed by atoms with E-state index in [1.165, 1.54) is 11.8 Å². The monoisotopic (exact) mass is 461 g/mol. The molecule has 0 unspecified atom stereocenters. The summed E-state index contributed by atoms with van der Waals surface area (Å²) in [6.45, 7) is 11.0. The number of rotatable bonds is 8. The summed E-state index contributed by atoms with van der Waals surface area (Å²) in [6, 6.07) is 7.41. The highest BCUT2D eigenvalue weighted by molar-refractivity contribution is 7.80. The van der Waals surface area contributed by atoms with Crippen LogP contribution in [0.3, 0.4) is 0 Å². The summed E-state index contributed by atoms with van der Waals surface area (Å²) < 4.78 is 10.8. The summed E-state index contributed by atoms with van der Waals surface area (Å²) in [5.74, 6) is -0.303. The summed E-state index contributed by atoms with van der Waals surface area (Å²) in [5, 5.41) is 4.46. The molecule has 0 aliphatic rings. The van der Waals surface area contributed by atoms with Gasteiger partial charge in [-0.3, -0.25) is 4.79 Å². The molecule has 0 bridgehead atoms. The molecule has 0 fully saturated rings. The standard InChI is InChI=1S/C24H35N3O4S/c1-15(2)21(27(7)23(29)31-24(4,5)6)22(32)26-18(14-30-16(3)28)12-17-13-25-20-11-9-8-10-19(17)20/h8-11,13,15,18,21,25H,12,14H2,1-7H3,(H,26,32)/t18-,21-/m0/s1. The minimum atomic E-state index is -0.602. The zero-order valence-electron chi connectivity index (χ0n) is 20.0. The van der Waals surface area contributed by atoms with Gasteiger partial charge >= 0.3 is 12.1 Å². The minimum absolute atomic E-state index is 0.0509. The second kappa shape index (κ2) is 10.8. The molecule has 7 nitrogen and oxygen atoms in total. The number of ether oxygens (including phenoxy) is 2. The van der Waals surface area contributed by atoms with E-state index in [0.29, 0.717) is 11.4 Å². The van der Waals surface area contributed by atoms with Gasteiger partial charge in [0, 0.05) is 31.1 Å². The number of hydrogen-bond donors (Lipinski definition) is 2. The molecule has 1 amide bonds. The second-order valence-electron chi connectivity index (χ2n) is 9.35. The molecule has 2 rings (SSSR count). The van der Waals surface area contributed by atoms with Gasteiger partial charge in [0.2, 0.25) is 0 Å². The number of nitrogens with zero attached hydrogens (tertiary/aromatic N) is 1. The van der Waals surface area contributed by atoms with Crippen molar-refractivity contribution >= 4 is 40.2 Å². The van der Waals surface area contributed by atoms with Crippen LogP contribution in [0.4, 0.5) is 4.79 Å². The van der Waals surface area contributed by atoms with E-state index >= 15 is 0 Å². The Hall–Kier alpha value is -2.61. The van der Waals surface area contributed by atoms with Crippen LogP contribution in [0.5, 0.6) is 0 Å². The van der Waals surface area contributed by atoms with Crippen molar-refractivity contribution in [2.45, 2.75) is 65.6 Å². The molecule has 2 atom stereocenters. The molecule has 0 aliphatic carbocycles. The molecule has 176 valence electrons. The van der Waals surface area contributed by atoms with E-state index in [4.69, 9.17) is 21.7 Å². The number of benzene rings is 1. The summed E-state index contributed by atoms with van der Waals surface area (Å²) in [4.78, 5) is 29.4. The van der Waals surface area contributed by atoms with E-state index in [2.05, 4.69) is 16.4 Å². The average molecular weight is 462 g/mol. The van der Waals surface area contributed by atoms with E-state index in [-0.39, 0.29) is 30.6 Å². The fraction of sp³-hybridized carbons (Fsp3) is 0.542. The number of carbonyl (C=O) groups excluding carboxylic acids is 2. The van der Waals surface area contributed by atoms with Crippen LogP contribution in [0.2, 0.25) is 0 Å². The Balaban J connectivity index is 2.20. The molecule has 2 aromatic rings. The van der Waals surface area contributed by atoms with Crippen LogP contribution in [-0.2, 0) is 20.7 Å². The van der Waals surface area contributed by atoms with Crippen molar-refractivity contribution in [3.8, 4) is 0 Å². The Bertz CT molecular complexity index is 948. The van der Waals surface area contributed by atoms with Crippen LogP contribution in [0.1, 0.15) is 47.1 Å². The predicted octanol–water partition coefficient (Wildman–Crippen LogP) is 4.45. The first-order valence-corrected chi connectivity index (χ1v) is 11.2. The fourth-order valence-electron chi connectivity index (χ4n) is 3.60. The summed E-state index contributed by atoms with van der Waals surface area (Å²) in [7, 11) is 1.69. The van der Waals surface area contributed by atoms with Crippen molar-refractivity contribution in [1.82, 2.24) is 15.2 Å². The van der Waals surface area contributed by atoms with Gasteiger partial charge in [0.15, 0.2) is 0 Å². The minimum Gasteiger partial charge on any atom is -0.464 e. The van der Waals surface area contributed by atoms with E-state index in [9.17, 15) is 9.59 Å². The maximum Gasteiger partial charge on any atom is 0.410 e. The molecule has 0 spiro atoms. The first-order chi connectivity index (χ1) is 14.9. The topological polar surface area (TPSA) is 83.7 Å². The second-order valence-corrected chi connectivity index (χ2v) is 9.79. The maximum absolute atomic E-state index is 12.7. The molecule has 2 N–H and O–H groups in total. The Morgan fingerprint density at radius 1 is 1.22 bits per heavy atom. The Labute approximate surface area is 195 Å². The third kappa shape index (κ3) is 7.22. The highest BCUT2D eigenvalue weighted by atomic mass is 32.1. The van der Waals surface area contributed by atoms with Gasteiger partial charge in [-0.15, -0.1) is 0 Å². The highest BCUT2D eigenvalue weighted by Gasteiger charge is 2.31. The number of aromatic amines is 1. The number of amides is 1. The van der Waals surface area contributed by atoms with Crippen molar-refractivity contribution in [3.63, 3.8) is 0 Å². The van der Waals surface area contributed by atoms with Crippen molar-refractivity contribution in [3.05, 3.63) is 36.0 Å². The van der Waals surface area contributed by atoms with Crippen LogP contribution >= 0.6 is 12.2 Å². The van der Waals surface area contributed by atoms with Crippen molar-refractivity contribution in [2.75, 3.05) is 13.7 Å². The lowest BCUT2D eigenvalue weighted by atomic mass is 10.0. The molecule has 0 aliphatic heterocycles. The smallest absolute Gasteiger partial charge is 0.410 e. The van der Waals surface area contributed by atoms with Crippen LogP contribution in [0.25, 0.3) is 10.9 Å². The lowest BCUT2D eigenvalue weighted by Gasteiger charge is -2.35. The lowest BCUT2D eigenvalue weighted by Crippen LogP contribution is -2.53. The summed E-state index contributed by atoms with van der Waals surface area (Å²) in [6.07, 6.45) is 2.12. The molecule has 8 heteroatoms. The molecule has 0 saturated carbocycles. The molecule has 0 saturated heterocycles. The molecule has 32 heavy (non-hydrogen) atoms. The van der Waals surface area contributed by atoms with Crippen molar-refractivity contribution in [2.24, 2.45) is 5.92 Å². The van der Waals surface area contributed by atoms with Gasteiger partial charge < -0.3 is 24.7 Å². The number of aromatic nitrogens is 1. The van der Waals surface area contributed by atoms with Crippen LogP contribution in [-0.4, -0.2) is 58.3 Å². The van der Waals surface area contributed by atoms with E-state index in [1.807, 2.05) is 59.0 Å². The number of fused-ring (bicyclic) bond motifs is 1. The van der Waals surface area contributed by atoms with Crippen LogP contribution in [0.15, 0.2) is 30.5 Å². The Morgan fingerprint density at radius 2 is 1.88 bits per heavy atom. The van der Waals surface area contributed by atoms with Gasteiger partial charge in [-0.25, -0.2) is 4.79 Å². The fourth-order valence-corrected chi connectivity index (χ4v) is 4.19. The number of H-pyrrole nitrogens is 1. The first kappa shape index (κ1) is 25.6. The molecule has 0 radical (unpaired) electrons. The average Bonchev–Trinajstić information content (AvgIpc) is 3.07. The SMILES string of the molecule is CC(=O)OC[C@H](Cc1c[nH]c2ccccc12)NC(=S)[C@H](C(C)C)N(C)C(=O)OC(C)(C)C. The lowest BCUT2D eigenvalue weighted by molar-refractivity contribution is -0.141. The van der Waals surface area contributed by atoms with E-state index in [0.717, 1.165) is 16.5 Å². The van der Waals surface area contributed by atoms with Gasteiger partial charge in [0.25, 0.3) is 0 Å². The molecule has 1 aromatic heterocycles. The van der Waals surface area contributed by atoms with Crippen LogP contribution in [0, 0.1) is 5.92 Å². The molecule has 1 aromatic carbocycles. The Kier molecular flexibility index (Phi) is 8.66. The van der Waals surface area contributed by atoms with Crippen molar-refractivity contribution < 1.29 is 19.1 Å². The van der Waals surface area contributed by atoms with Gasteiger partial charge in [-0.05, 0) is 44.7 Å². The first-order valence-electron chi connectivity index (χ1n) is 10.8. The van der Waals surface area contributed by atoms with Crippen LogP contribution < -0.4 is 5.32 Å². The molecule has 1 heterocycles. The summed E-state index contributed by atoms with van der Waals surface area (Å²) in [5.41, 5.74) is 1.53. The van der Waals surface area contributed by atoms with Gasteiger partial charge in [0.05, 0.1) is 17.1 Å². The third-order valence-corrected chi connectivity index (χ3v) is 5.33. The number of hydrogen-bond acceptors (Lipinski definition) is 5. The van der Waals surface area contributed by atoms with Gasteiger partial charge in [0.1, 0.15) is 12.2 Å². The summed E-state index contributed by atoms with van der Waals surface area (Å²) >= 11 is 5.73. The maximum atomic E-state index is 12.7. The number of carbonyl (C=O) groups is 2. The van der Waals surface area contributed by atoms with Crippen molar-refractivity contribution in [1.29, 1.82) is 0 Å². The van der Waals surface area contributed by atoms with E-state index < -0.39 is 11.7 Å². The number of likely N-dealkylation sites (N-methyl/N-ethyl adjacent to an activating group) is 1. The molecular formula is C24H35N3O4S. The zero-order valence-corrected chi connectivity index (χ0v) is 20.8. The molecular weight excluding hydrogens is 426 g/mol. The van der Waals surface area contributed by atoms with E-state index in [1.54, 1.807) is 7.05 Å². The van der Waals surface area contributed by atoms with Gasteiger partial charge in [-0.1, -0.05) is 44.3 Å².